The minimum atomic E-state index is -0.165. The van der Waals surface area contributed by atoms with E-state index in [0.717, 1.165) is 43.3 Å². The van der Waals surface area contributed by atoms with Crippen LogP contribution in [0.1, 0.15) is 21.7 Å². The first-order valence-electron chi connectivity index (χ1n) is 8.22. The zero-order valence-electron chi connectivity index (χ0n) is 14.2. The average molecular weight is 325 g/mol. The monoisotopic (exact) mass is 325 g/mol. The van der Waals surface area contributed by atoms with E-state index in [9.17, 15) is 4.79 Å². The van der Waals surface area contributed by atoms with E-state index in [-0.39, 0.29) is 5.91 Å². The molecule has 1 aliphatic rings. The van der Waals surface area contributed by atoms with Gasteiger partial charge in [0.2, 0.25) is 0 Å². The highest BCUT2D eigenvalue weighted by atomic mass is 16.1. The van der Waals surface area contributed by atoms with Gasteiger partial charge in [0.05, 0.1) is 0 Å². The Balaban J connectivity index is 1.55. The van der Waals surface area contributed by atoms with Gasteiger partial charge in [0.15, 0.2) is 0 Å². The van der Waals surface area contributed by atoms with Gasteiger partial charge in [-0.05, 0) is 37.7 Å². The molecule has 1 aliphatic heterocycles. The van der Waals surface area contributed by atoms with Crippen molar-refractivity contribution >= 4 is 11.7 Å². The van der Waals surface area contributed by atoms with E-state index in [1.165, 1.54) is 0 Å². The number of nitrogens with zero attached hydrogens (tertiary/aromatic N) is 4. The topological polar surface area (TPSA) is 61.4 Å². The Hall–Kier alpha value is -2.47. The summed E-state index contributed by atoms with van der Waals surface area (Å²) in [7, 11) is 2.14. The molecule has 2 aromatic rings. The molecular formula is C18H23N5O. The van der Waals surface area contributed by atoms with Gasteiger partial charge in [-0.1, -0.05) is 12.1 Å². The number of aryl methyl sites for hydroxylation is 1. The van der Waals surface area contributed by atoms with Gasteiger partial charge >= 0.3 is 0 Å². The van der Waals surface area contributed by atoms with Crippen LogP contribution in [0.4, 0.5) is 5.82 Å². The predicted octanol–water partition coefficient (Wildman–Crippen LogP) is 1.47. The van der Waals surface area contributed by atoms with E-state index < -0.39 is 0 Å². The molecule has 3 rings (SSSR count). The Labute approximate surface area is 142 Å². The summed E-state index contributed by atoms with van der Waals surface area (Å²) < 4.78 is 0. The second-order valence-electron chi connectivity index (χ2n) is 6.16. The molecule has 0 spiro atoms. The van der Waals surface area contributed by atoms with Crippen LogP contribution in [0.25, 0.3) is 0 Å². The summed E-state index contributed by atoms with van der Waals surface area (Å²) in [5.74, 6) is 0.834. The molecule has 0 aromatic carbocycles. The summed E-state index contributed by atoms with van der Waals surface area (Å²) in [4.78, 5) is 25.5. The maximum Gasteiger partial charge on any atom is 0.270 e. The molecule has 24 heavy (non-hydrogen) atoms. The summed E-state index contributed by atoms with van der Waals surface area (Å²) in [5, 5.41) is 2.89. The number of anilines is 1. The Morgan fingerprint density at radius 1 is 1.17 bits per heavy atom. The number of hydrogen-bond acceptors (Lipinski definition) is 5. The maximum absolute atomic E-state index is 12.1. The molecule has 6 heteroatoms. The van der Waals surface area contributed by atoms with Crippen molar-refractivity contribution in [3.8, 4) is 0 Å². The first-order valence-corrected chi connectivity index (χ1v) is 8.22. The number of pyridine rings is 2. The standard InChI is InChI=1S/C18H23N5O/c1-14-4-3-5-16(21-14)18(24)20-13-15-6-7-17(19-12-15)23-10-8-22(2)9-11-23/h3-7,12H,8-11,13H2,1-2H3,(H,20,24). The van der Waals surface area contributed by atoms with Crippen molar-refractivity contribution in [3.05, 3.63) is 53.5 Å². The van der Waals surface area contributed by atoms with Gasteiger partial charge in [0.1, 0.15) is 11.5 Å². The highest BCUT2D eigenvalue weighted by Crippen LogP contribution is 2.13. The summed E-state index contributed by atoms with van der Waals surface area (Å²) in [5.41, 5.74) is 2.26. The van der Waals surface area contributed by atoms with Crippen LogP contribution < -0.4 is 10.2 Å². The molecule has 0 aliphatic carbocycles. The maximum atomic E-state index is 12.1. The third kappa shape index (κ3) is 4.08. The number of rotatable bonds is 4. The average Bonchev–Trinajstić information content (AvgIpc) is 2.61. The fraction of sp³-hybridized carbons (Fsp3) is 0.389. The van der Waals surface area contributed by atoms with Gasteiger partial charge in [0, 0.05) is 44.6 Å². The second kappa shape index (κ2) is 7.40. The van der Waals surface area contributed by atoms with E-state index in [1.807, 2.05) is 37.4 Å². The van der Waals surface area contributed by atoms with Crippen molar-refractivity contribution in [3.63, 3.8) is 0 Å². The zero-order chi connectivity index (χ0) is 16.9. The van der Waals surface area contributed by atoms with E-state index >= 15 is 0 Å². The fourth-order valence-electron chi connectivity index (χ4n) is 2.69. The van der Waals surface area contributed by atoms with Gasteiger partial charge in [-0.3, -0.25) is 4.79 Å². The third-order valence-corrected chi connectivity index (χ3v) is 4.21. The molecule has 1 amide bonds. The normalized spacial score (nSPS) is 15.3. The molecule has 2 aromatic heterocycles. The van der Waals surface area contributed by atoms with Gasteiger partial charge in [-0.2, -0.15) is 0 Å². The molecule has 1 fully saturated rings. The lowest BCUT2D eigenvalue weighted by atomic mass is 10.2. The third-order valence-electron chi connectivity index (χ3n) is 4.21. The summed E-state index contributed by atoms with van der Waals surface area (Å²) in [6.45, 7) is 6.44. The lowest BCUT2D eigenvalue weighted by Crippen LogP contribution is -2.44. The summed E-state index contributed by atoms with van der Waals surface area (Å²) in [6.07, 6.45) is 1.83. The molecule has 3 heterocycles. The van der Waals surface area contributed by atoms with Crippen LogP contribution in [0.2, 0.25) is 0 Å². The number of aromatic nitrogens is 2. The number of amides is 1. The smallest absolute Gasteiger partial charge is 0.270 e. The Bertz CT molecular complexity index is 693. The van der Waals surface area contributed by atoms with Crippen LogP contribution >= 0.6 is 0 Å². The van der Waals surface area contributed by atoms with Crippen molar-refractivity contribution in [2.24, 2.45) is 0 Å². The molecule has 0 radical (unpaired) electrons. The van der Waals surface area contributed by atoms with Gasteiger partial charge < -0.3 is 15.1 Å². The summed E-state index contributed by atoms with van der Waals surface area (Å²) in [6, 6.07) is 9.47. The highest BCUT2D eigenvalue weighted by Gasteiger charge is 2.15. The lowest BCUT2D eigenvalue weighted by Gasteiger charge is -2.33. The minimum Gasteiger partial charge on any atom is -0.354 e. The molecule has 0 bridgehead atoms. The van der Waals surface area contributed by atoms with Gasteiger partial charge in [-0.25, -0.2) is 9.97 Å². The highest BCUT2D eigenvalue weighted by molar-refractivity contribution is 5.92. The summed E-state index contributed by atoms with van der Waals surface area (Å²) >= 11 is 0. The van der Waals surface area contributed by atoms with Crippen molar-refractivity contribution < 1.29 is 4.79 Å². The largest absolute Gasteiger partial charge is 0.354 e. The number of hydrogen-bond donors (Lipinski definition) is 1. The predicted molar refractivity (Wildman–Crippen MR) is 94.1 cm³/mol. The minimum absolute atomic E-state index is 0.165. The van der Waals surface area contributed by atoms with Gasteiger partial charge in [-0.15, -0.1) is 0 Å². The lowest BCUT2D eigenvalue weighted by molar-refractivity contribution is 0.0945. The number of piperazine rings is 1. The number of carbonyl (C=O) groups excluding carboxylic acids is 1. The molecule has 1 saturated heterocycles. The van der Waals surface area contributed by atoms with Crippen molar-refractivity contribution in [1.82, 2.24) is 20.2 Å². The van der Waals surface area contributed by atoms with E-state index in [1.54, 1.807) is 6.07 Å². The first kappa shape index (κ1) is 16.4. The van der Waals surface area contributed by atoms with Gasteiger partial charge in [0.25, 0.3) is 5.91 Å². The SMILES string of the molecule is Cc1cccc(C(=O)NCc2ccc(N3CCN(C)CC3)nc2)n1. The Kier molecular flexibility index (Phi) is 5.05. The van der Waals surface area contributed by atoms with Crippen LogP contribution in [0, 0.1) is 6.92 Å². The van der Waals surface area contributed by atoms with E-state index in [2.05, 4.69) is 32.1 Å². The van der Waals surface area contributed by atoms with Crippen molar-refractivity contribution in [1.29, 1.82) is 0 Å². The van der Waals surface area contributed by atoms with Crippen molar-refractivity contribution in [2.75, 3.05) is 38.1 Å². The first-order chi connectivity index (χ1) is 11.6. The van der Waals surface area contributed by atoms with Crippen LogP contribution in [0.3, 0.4) is 0 Å². The zero-order valence-corrected chi connectivity index (χ0v) is 14.2. The van der Waals surface area contributed by atoms with E-state index in [4.69, 9.17) is 0 Å². The molecule has 126 valence electrons. The number of likely N-dealkylation sites (N-methyl/N-ethyl adjacent to an activating group) is 1. The second-order valence-corrected chi connectivity index (χ2v) is 6.16. The van der Waals surface area contributed by atoms with Crippen molar-refractivity contribution in [2.45, 2.75) is 13.5 Å². The molecule has 1 N–H and O–H groups in total. The molecule has 0 saturated carbocycles. The Morgan fingerprint density at radius 3 is 2.62 bits per heavy atom. The van der Waals surface area contributed by atoms with Crippen LogP contribution in [-0.4, -0.2) is 54.0 Å². The van der Waals surface area contributed by atoms with Crippen LogP contribution in [-0.2, 0) is 6.54 Å². The van der Waals surface area contributed by atoms with E-state index in [0.29, 0.717) is 12.2 Å². The number of carbonyl (C=O) groups is 1. The molecule has 0 unspecified atom stereocenters. The molecular weight excluding hydrogens is 302 g/mol. The quantitative estimate of drug-likeness (QED) is 0.922. The van der Waals surface area contributed by atoms with Crippen LogP contribution in [0.15, 0.2) is 36.5 Å². The van der Waals surface area contributed by atoms with Crippen LogP contribution in [0.5, 0.6) is 0 Å². The molecule has 0 atom stereocenters. The fourth-order valence-corrected chi connectivity index (χ4v) is 2.69. The number of nitrogens with one attached hydrogen (secondary N) is 1. The Morgan fingerprint density at radius 2 is 1.96 bits per heavy atom. The molecule has 6 nitrogen and oxygen atoms in total.